The van der Waals surface area contributed by atoms with E-state index in [0.29, 0.717) is 22.9 Å². The number of benzene rings is 1. The number of carbonyl (C=O) groups excluding carboxylic acids is 2. The number of anilines is 1. The summed E-state index contributed by atoms with van der Waals surface area (Å²) in [4.78, 5) is 23.5. The summed E-state index contributed by atoms with van der Waals surface area (Å²) in [6, 6.07) is 4.86. The van der Waals surface area contributed by atoms with Crippen molar-refractivity contribution in [2.24, 2.45) is 0 Å². The van der Waals surface area contributed by atoms with Crippen LogP contribution in [0.4, 0.5) is 5.69 Å². The Labute approximate surface area is 121 Å². The number of thioether (sulfide) groups is 1. The van der Waals surface area contributed by atoms with Crippen molar-refractivity contribution in [3.05, 3.63) is 28.8 Å². The van der Waals surface area contributed by atoms with E-state index in [1.54, 1.807) is 23.9 Å². The number of carbonyl (C=O) groups is 2. The van der Waals surface area contributed by atoms with Gasteiger partial charge in [0.15, 0.2) is 0 Å². The second-order valence-electron chi connectivity index (χ2n) is 4.40. The summed E-state index contributed by atoms with van der Waals surface area (Å²) in [5.41, 5.74) is 1.60. The largest absolute Gasteiger partial charge is 0.343 e. The van der Waals surface area contributed by atoms with Gasteiger partial charge in [-0.3, -0.25) is 9.59 Å². The van der Waals surface area contributed by atoms with E-state index in [4.69, 9.17) is 11.6 Å². The van der Waals surface area contributed by atoms with E-state index in [0.717, 1.165) is 11.3 Å². The van der Waals surface area contributed by atoms with Crippen molar-refractivity contribution in [1.29, 1.82) is 0 Å². The van der Waals surface area contributed by atoms with Crippen LogP contribution in [0, 0.1) is 6.92 Å². The average molecular weight is 299 g/mol. The van der Waals surface area contributed by atoms with Gasteiger partial charge >= 0.3 is 0 Å². The van der Waals surface area contributed by atoms with Crippen LogP contribution in [0.15, 0.2) is 18.2 Å². The first-order valence-corrected chi connectivity index (χ1v) is 7.53. The molecule has 1 aromatic rings. The molecule has 0 saturated carbocycles. The van der Waals surface area contributed by atoms with Crippen molar-refractivity contribution in [3.63, 3.8) is 0 Å². The number of halogens is 1. The molecular weight excluding hydrogens is 284 g/mol. The van der Waals surface area contributed by atoms with Gasteiger partial charge in [-0.25, -0.2) is 0 Å². The van der Waals surface area contributed by atoms with E-state index in [2.05, 4.69) is 10.6 Å². The Balaban J connectivity index is 2.03. The summed E-state index contributed by atoms with van der Waals surface area (Å²) >= 11 is 7.61. The van der Waals surface area contributed by atoms with Crippen molar-refractivity contribution in [3.8, 4) is 0 Å². The number of amides is 2. The maximum atomic E-state index is 12.1. The van der Waals surface area contributed by atoms with Crippen molar-refractivity contribution in [2.75, 3.05) is 16.8 Å². The van der Waals surface area contributed by atoms with E-state index in [1.807, 2.05) is 13.0 Å². The lowest BCUT2D eigenvalue weighted by Gasteiger charge is -2.15. The van der Waals surface area contributed by atoms with Crippen LogP contribution in [-0.2, 0) is 9.59 Å². The molecule has 0 spiro atoms. The molecule has 0 aromatic heterocycles. The summed E-state index contributed by atoms with van der Waals surface area (Å²) in [7, 11) is 0. The molecular formula is C13H15ClN2O2S. The maximum Gasteiger partial charge on any atom is 0.247 e. The number of rotatable bonds is 2. The highest BCUT2D eigenvalue weighted by atomic mass is 35.5. The molecule has 0 unspecified atom stereocenters. The molecule has 2 amide bonds. The van der Waals surface area contributed by atoms with Gasteiger partial charge < -0.3 is 10.6 Å². The minimum absolute atomic E-state index is 0.0768. The van der Waals surface area contributed by atoms with Crippen molar-refractivity contribution in [2.45, 2.75) is 19.4 Å². The van der Waals surface area contributed by atoms with E-state index >= 15 is 0 Å². The predicted molar refractivity (Wildman–Crippen MR) is 78.7 cm³/mol. The average Bonchev–Trinajstić information content (AvgIpc) is 2.58. The van der Waals surface area contributed by atoms with Crippen LogP contribution >= 0.6 is 23.4 Å². The zero-order chi connectivity index (χ0) is 13.8. The Morgan fingerprint density at radius 1 is 1.53 bits per heavy atom. The van der Waals surface area contributed by atoms with Crippen LogP contribution in [0.25, 0.3) is 0 Å². The Morgan fingerprint density at radius 2 is 2.32 bits per heavy atom. The third-order valence-electron chi connectivity index (χ3n) is 2.85. The Bertz CT molecular complexity index is 507. The van der Waals surface area contributed by atoms with Crippen LogP contribution in [0.1, 0.15) is 12.0 Å². The number of nitrogens with one attached hydrogen (secondary N) is 2. The Hall–Kier alpha value is -1.20. The standard InChI is InChI=1S/C13H15ClN2O2S/c1-8-2-3-9(6-10(8)14)15-13(18)11-7-19-5-4-12(17)16-11/h2-3,6,11H,4-5,7H2,1H3,(H,15,18)(H,16,17)/t11-/m1/s1. The normalized spacial score (nSPS) is 19.5. The minimum atomic E-state index is -0.486. The van der Waals surface area contributed by atoms with Gasteiger partial charge in [0.2, 0.25) is 11.8 Å². The molecule has 0 aliphatic carbocycles. The molecule has 1 atom stereocenters. The van der Waals surface area contributed by atoms with Crippen molar-refractivity contribution in [1.82, 2.24) is 5.32 Å². The Kier molecular flexibility index (Phi) is 4.71. The van der Waals surface area contributed by atoms with Crippen LogP contribution in [0.2, 0.25) is 5.02 Å². The summed E-state index contributed by atoms with van der Waals surface area (Å²) in [6.45, 7) is 1.90. The lowest BCUT2D eigenvalue weighted by molar-refractivity contribution is -0.125. The number of aryl methyl sites for hydroxylation is 1. The monoisotopic (exact) mass is 298 g/mol. The zero-order valence-corrected chi connectivity index (χ0v) is 12.1. The molecule has 2 rings (SSSR count). The van der Waals surface area contributed by atoms with Gasteiger partial charge in [-0.2, -0.15) is 11.8 Å². The van der Waals surface area contributed by atoms with Gasteiger partial charge in [-0.05, 0) is 24.6 Å². The molecule has 6 heteroatoms. The second kappa shape index (κ2) is 6.30. The minimum Gasteiger partial charge on any atom is -0.343 e. The summed E-state index contributed by atoms with van der Waals surface area (Å²) in [5, 5.41) is 6.11. The molecule has 1 aliphatic rings. The molecule has 1 fully saturated rings. The topological polar surface area (TPSA) is 58.2 Å². The van der Waals surface area contributed by atoms with E-state index in [-0.39, 0.29) is 11.8 Å². The van der Waals surface area contributed by atoms with Crippen LogP contribution in [0.5, 0.6) is 0 Å². The smallest absolute Gasteiger partial charge is 0.247 e. The highest BCUT2D eigenvalue weighted by Crippen LogP contribution is 2.20. The molecule has 0 radical (unpaired) electrons. The molecule has 102 valence electrons. The molecule has 1 aliphatic heterocycles. The lowest BCUT2D eigenvalue weighted by Crippen LogP contribution is -2.44. The zero-order valence-electron chi connectivity index (χ0n) is 10.5. The van der Waals surface area contributed by atoms with E-state index < -0.39 is 6.04 Å². The predicted octanol–water partition coefficient (Wildman–Crippen LogP) is 2.21. The highest BCUT2D eigenvalue weighted by Gasteiger charge is 2.23. The molecule has 19 heavy (non-hydrogen) atoms. The quantitative estimate of drug-likeness (QED) is 0.880. The number of hydrogen-bond donors (Lipinski definition) is 2. The van der Waals surface area contributed by atoms with Crippen molar-refractivity contribution < 1.29 is 9.59 Å². The molecule has 4 nitrogen and oxygen atoms in total. The fourth-order valence-corrected chi connectivity index (χ4v) is 2.86. The SMILES string of the molecule is Cc1ccc(NC(=O)[C@H]2CSCCC(=O)N2)cc1Cl. The first-order chi connectivity index (χ1) is 9.06. The highest BCUT2D eigenvalue weighted by molar-refractivity contribution is 7.99. The maximum absolute atomic E-state index is 12.1. The fourth-order valence-electron chi connectivity index (χ4n) is 1.72. The summed E-state index contributed by atoms with van der Waals surface area (Å²) in [5.74, 6) is 1.07. The van der Waals surface area contributed by atoms with Gasteiger partial charge in [0.05, 0.1) is 0 Å². The fraction of sp³-hybridized carbons (Fsp3) is 0.385. The van der Waals surface area contributed by atoms with Crippen LogP contribution in [-0.4, -0.2) is 29.4 Å². The molecule has 1 aromatic carbocycles. The van der Waals surface area contributed by atoms with Crippen LogP contribution < -0.4 is 10.6 Å². The van der Waals surface area contributed by atoms with Gasteiger partial charge in [-0.1, -0.05) is 17.7 Å². The van der Waals surface area contributed by atoms with Crippen molar-refractivity contribution >= 4 is 40.9 Å². The second-order valence-corrected chi connectivity index (χ2v) is 5.96. The van der Waals surface area contributed by atoms with Gasteiger partial charge in [-0.15, -0.1) is 0 Å². The molecule has 0 bridgehead atoms. The van der Waals surface area contributed by atoms with E-state index in [9.17, 15) is 9.59 Å². The Morgan fingerprint density at radius 3 is 3.05 bits per heavy atom. The third kappa shape index (κ3) is 3.88. The molecule has 1 heterocycles. The molecule has 1 saturated heterocycles. The van der Waals surface area contributed by atoms with Gasteiger partial charge in [0, 0.05) is 28.6 Å². The number of hydrogen-bond acceptors (Lipinski definition) is 3. The summed E-state index contributed by atoms with van der Waals surface area (Å²) in [6.07, 6.45) is 0.463. The molecule has 2 N–H and O–H groups in total. The third-order valence-corrected chi connectivity index (χ3v) is 4.32. The van der Waals surface area contributed by atoms with Gasteiger partial charge in [0.1, 0.15) is 6.04 Å². The first kappa shape index (κ1) is 14.2. The first-order valence-electron chi connectivity index (χ1n) is 6.00. The van der Waals surface area contributed by atoms with Crippen LogP contribution in [0.3, 0.4) is 0 Å². The summed E-state index contributed by atoms with van der Waals surface area (Å²) < 4.78 is 0. The lowest BCUT2D eigenvalue weighted by atomic mass is 10.2. The van der Waals surface area contributed by atoms with E-state index in [1.165, 1.54) is 0 Å². The van der Waals surface area contributed by atoms with Gasteiger partial charge in [0.25, 0.3) is 0 Å².